The van der Waals surface area contributed by atoms with Crippen molar-refractivity contribution in [3.8, 4) is 0 Å². The average Bonchev–Trinajstić information content (AvgIpc) is 2.80. The molecule has 98 valence electrons. The molecule has 4 nitrogen and oxygen atoms in total. The first-order valence-corrected chi connectivity index (χ1v) is 6.44. The number of carboxylic acid groups (broad SMARTS) is 1. The fraction of sp³-hybridized carbons (Fsp3) is 0.571. The molecule has 1 fully saturated rings. The number of pyridine rings is 1. The van der Waals surface area contributed by atoms with E-state index in [0.717, 1.165) is 31.4 Å². The summed E-state index contributed by atoms with van der Waals surface area (Å²) >= 11 is 0. The fourth-order valence-corrected chi connectivity index (χ4v) is 2.83. The third-order valence-electron chi connectivity index (χ3n) is 3.74. The van der Waals surface area contributed by atoms with Crippen molar-refractivity contribution in [3.63, 3.8) is 0 Å². The average molecular weight is 248 g/mol. The van der Waals surface area contributed by atoms with Crippen molar-refractivity contribution in [2.45, 2.75) is 32.2 Å². The molecule has 1 aliphatic carbocycles. The van der Waals surface area contributed by atoms with Crippen LogP contribution >= 0.6 is 0 Å². The summed E-state index contributed by atoms with van der Waals surface area (Å²) in [5.74, 6) is -0.645. The van der Waals surface area contributed by atoms with E-state index >= 15 is 0 Å². The monoisotopic (exact) mass is 248 g/mol. The lowest BCUT2D eigenvalue weighted by molar-refractivity contribution is -0.149. The summed E-state index contributed by atoms with van der Waals surface area (Å²) in [5.41, 5.74) is 0.447. The molecule has 0 unspecified atom stereocenters. The minimum atomic E-state index is -0.645. The van der Waals surface area contributed by atoms with E-state index in [1.165, 1.54) is 0 Å². The van der Waals surface area contributed by atoms with Gasteiger partial charge in [-0.1, -0.05) is 18.9 Å². The number of hydrogen-bond donors (Lipinski definition) is 1. The molecule has 1 aromatic heterocycles. The molecule has 0 amide bonds. The topological polar surface area (TPSA) is 53.4 Å². The second-order valence-corrected chi connectivity index (χ2v) is 5.29. The van der Waals surface area contributed by atoms with Gasteiger partial charge in [-0.2, -0.15) is 0 Å². The van der Waals surface area contributed by atoms with Gasteiger partial charge in [0.2, 0.25) is 0 Å². The molecule has 2 rings (SSSR count). The molecule has 1 saturated carbocycles. The van der Waals surface area contributed by atoms with Crippen LogP contribution in [-0.4, -0.2) is 34.6 Å². The highest BCUT2D eigenvalue weighted by Gasteiger charge is 2.41. The van der Waals surface area contributed by atoms with Crippen molar-refractivity contribution >= 4 is 5.97 Å². The van der Waals surface area contributed by atoms with Crippen molar-refractivity contribution in [2.75, 3.05) is 13.6 Å². The van der Waals surface area contributed by atoms with Crippen molar-refractivity contribution in [1.82, 2.24) is 9.88 Å². The zero-order valence-corrected chi connectivity index (χ0v) is 10.8. The SMILES string of the molecule is CN(Cc1ccccn1)CC1(C(=O)O)CCCC1. The first-order chi connectivity index (χ1) is 8.62. The Hall–Kier alpha value is -1.42. The van der Waals surface area contributed by atoms with Crippen molar-refractivity contribution in [3.05, 3.63) is 30.1 Å². The molecule has 0 saturated heterocycles. The highest BCUT2D eigenvalue weighted by Crippen LogP contribution is 2.39. The van der Waals surface area contributed by atoms with Crippen LogP contribution in [-0.2, 0) is 11.3 Å². The van der Waals surface area contributed by atoms with Gasteiger partial charge in [-0.05, 0) is 32.0 Å². The third kappa shape index (κ3) is 2.88. The molecule has 0 aromatic carbocycles. The summed E-state index contributed by atoms with van der Waals surface area (Å²) in [6, 6.07) is 5.82. The minimum absolute atomic E-state index is 0.538. The van der Waals surface area contributed by atoms with Crippen molar-refractivity contribution in [1.29, 1.82) is 0 Å². The zero-order valence-electron chi connectivity index (χ0n) is 10.8. The number of carboxylic acids is 1. The minimum Gasteiger partial charge on any atom is -0.481 e. The maximum absolute atomic E-state index is 11.5. The van der Waals surface area contributed by atoms with E-state index in [4.69, 9.17) is 0 Å². The van der Waals surface area contributed by atoms with Crippen LogP contribution < -0.4 is 0 Å². The number of aliphatic carboxylic acids is 1. The van der Waals surface area contributed by atoms with Gasteiger partial charge >= 0.3 is 5.97 Å². The van der Waals surface area contributed by atoms with Gasteiger partial charge in [0.1, 0.15) is 0 Å². The van der Waals surface area contributed by atoms with E-state index in [9.17, 15) is 9.90 Å². The number of rotatable bonds is 5. The van der Waals surface area contributed by atoms with Crippen molar-refractivity contribution < 1.29 is 9.90 Å². The Morgan fingerprint density at radius 1 is 1.44 bits per heavy atom. The number of aromatic nitrogens is 1. The van der Waals surface area contributed by atoms with Gasteiger partial charge < -0.3 is 5.11 Å². The van der Waals surface area contributed by atoms with Gasteiger partial charge in [-0.15, -0.1) is 0 Å². The first-order valence-electron chi connectivity index (χ1n) is 6.44. The van der Waals surface area contributed by atoms with Crippen molar-refractivity contribution in [2.24, 2.45) is 5.41 Å². The smallest absolute Gasteiger partial charge is 0.310 e. The first kappa shape index (κ1) is 13.0. The molecule has 1 aliphatic rings. The second-order valence-electron chi connectivity index (χ2n) is 5.29. The van der Waals surface area contributed by atoms with Crippen LogP contribution in [0.25, 0.3) is 0 Å². The van der Waals surface area contributed by atoms with Gasteiger partial charge in [0, 0.05) is 19.3 Å². The Morgan fingerprint density at radius 2 is 2.17 bits per heavy atom. The lowest BCUT2D eigenvalue weighted by Crippen LogP contribution is -2.39. The Morgan fingerprint density at radius 3 is 2.72 bits per heavy atom. The Kier molecular flexibility index (Phi) is 3.97. The summed E-state index contributed by atoms with van der Waals surface area (Å²) in [6.45, 7) is 1.31. The van der Waals surface area contributed by atoms with Gasteiger partial charge in [0.15, 0.2) is 0 Å². The van der Waals surface area contributed by atoms with Crippen LogP contribution in [0.5, 0.6) is 0 Å². The predicted molar refractivity (Wildman–Crippen MR) is 69.1 cm³/mol. The van der Waals surface area contributed by atoms with E-state index in [0.29, 0.717) is 13.1 Å². The number of carbonyl (C=O) groups is 1. The molecule has 0 radical (unpaired) electrons. The second kappa shape index (κ2) is 5.48. The largest absolute Gasteiger partial charge is 0.481 e. The third-order valence-corrected chi connectivity index (χ3v) is 3.74. The molecule has 0 atom stereocenters. The normalized spacial score (nSPS) is 18.1. The lowest BCUT2D eigenvalue weighted by Gasteiger charge is -2.29. The summed E-state index contributed by atoms with van der Waals surface area (Å²) in [5, 5.41) is 9.44. The lowest BCUT2D eigenvalue weighted by atomic mass is 9.86. The molecular formula is C14H20N2O2. The van der Waals surface area contributed by atoms with Gasteiger partial charge in [-0.3, -0.25) is 14.7 Å². The summed E-state index contributed by atoms with van der Waals surface area (Å²) in [7, 11) is 1.97. The zero-order chi connectivity index (χ0) is 13.0. The summed E-state index contributed by atoms with van der Waals surface area (Å²) in [4.78, 5) is 17.8. The predicted octanol–water partition coefficient (Wildman–Crippen LogP) is 2.16. The van der Waals surface area contributed by atoms with Crippen LogP contribution in [0.4, 0.5) is 0 Å². The van der Waals surface area contributed by atoms with Gasteiger partial charge in [0.05, 0.1) is 11.1 Å². The van der Waals surface area contributed by atoms with E-state index in [2.05, 4.69) is 9.88 Å². The quantitative estimate of drug-likeness (QED) is 0.867. The highest BCUT2D eigenvalue weighted by atomic mass is 16.4. The molecule has 1 heterocycles. The fourth-order valence-electron chi connectivity index (χ4n) is 2.83. The Bertz CT molecular complexity index is 400. The van der Waals surface area contributed by atoms with E-state index in [1.807, 2.05) is 25.2 Å². The maximum atomic E-state index is 11.5. The Labute approximate surface area is 108 Å². The van der Waals surface area contributed by atoms with Crippen LogP contribution in [0.2, 0.25) is 0 Å². The van der Waals surface area contributed by atoms with E-state index in [-0.39, 0.29) is 0 Å². The standard InChI is InChI=1S/C14H20N2O2/c1-16(10-12-6-2-5-9-15-12)11-14(13(17)18)7-3-4-8-14/h2,5-6,9H,3-4,7-8,10-11H2,1H3,(H,17,18). The van der Waals surface area contributed by atoms with Crippen LogP contribution in [0.15, 0.2) is 24.4 Å². The molecule has 0 bridgehead atoms. The molecular weight excluding hydrogens is 228 g/mol. The Balaban J connectivity index is 1.98. The van der Waals surface area contributed by atoms with Crippen LogP contribution in [0, 0.1) is 5.41 Å². The molecule has 1 N–H and O–H groups in total. The summed E-state index contributed by atoms with van der Waals surface area (Å²) < 4.78 is 0. The van der Waals surface area contributed by atoms with E-state index < -0.39 is 11.4 Å². The van der Waals surface area contributed by atoms with Gasteiger partial charge in [-0.25, -0.2) is 0 Å². The van der Waals surface area contributed by atoms with Gasteiger partial charge in [0.25, 0.3) is 0 Å². The highest BCUT2D eigenvalue weighted by molar-refractivity contribution is 5.75. The molecule has 18 heavy (non-hydrogen) atoms. The molecule has 1 aromatic rings. The number of nitrogens with zero attached hydrogens (tertiary/aromatic N) is 2. The maximum Gasteiger partial charge on any atom is 0.310 e. The number of hydrogen-bond acceptors (Lipinski definition) is 3. The van der Waals surface area contributed by atoms with E-state index in [1.54, 1.807) is 6.20 Å². The molecule has 0 spiro atoms. The van der Waals surface area contributed by atoms with Crippen LogP contribution in [0.3, 0.4) is 0 Å². The summed E-state index contributed by atoms with van der Waals surface area (Å²) in [6.07, 6.45) is 5.43. The molecule has 0 aliphatic heterocycles. The van der Waals surface area contributed by atoms with Crippen LogP contribution in [0.1, 0.15) is 31.4 Å². The molecule has 4 heteroatoms.